The monoisotopic (exact) mass is 940 g/mol. The average Bonchev–Trinajstić information content (AvgIpc) is 3.75. The Kier molecular flexibility index (Phi) is 15.5. The van der Waals surface area contributed by atoms with Gasteiger partial charge in [-0.15, -0.1) is 4.33 Å². The molecule has 0 bridgehead atoms. The average molecular weight is 941 g/mol. The van der Waals surface area contributed by atoms with E-state index in [1.807, 2.05) is 0 Å². The van der Waals surface area contributed by atoms with Gasteiger partial charge in [0.15, 0.2) is 21.4 Å². The molecule has 1 heterocycles. The highest BCUT2D eigenvalue weighted by molar-refractivity contribution is 7.91. The van der Waals surface area contributed by atoms with E-state index in [2.05, 4.69) is 35.8 Å². The lowest BCUT2D eigenvalue weighted by Crippen LogP contribution is -2.58. The third-order valence-electron chi connectivity index (χ3n) is 10.7. The zero-order valence-corrected chi connectivity index (χ0v) is 38.1. The Balaban J connectivity index is 1.26. The van der Waals surface area contributed by atoms with Crippen LogP contribution >= 0.6 is 0 Å². The molecule has 0 spiro atoms. The molecular formula is C42H52N8O13S2. The minimum Gasteiger partial charge on any atom is -0.397 e. The van der Waals surface area contributed by atoms with Crippen molar-refractivity contribution in [2.45, 2.75) is 87.5 Å². The third-order valence-corrected chi connectivity index (χ3v) is 13.7. The Morgan fingerprint density at radius 1 is 0.815 bits per heavy atom. The fourth-order valence-corrected chi connectivity index (χ4v) is 9.42. The summed E-state index contributed by atoms with van der Waals surface area (Å²) in [4.78, 5) is 97.2. The lowest BCUT2D eigenvalue weighted by Gasteiger charge is -2.30. The summed E-state index contributed by atoms with van der Waals surface area (Å²) < 4.78 is 57.7. The first-order valence-corrected chi connectivity index (χ1v) is 23.5. The van der Waals surface area contributed by atoms with Crippen LogP contribution in [-0.4, -0.2) is 119 Å². The molecule has 3 aromatic carbocycles. The first-order valence-electron chi connectivity index (χ1n) is 20.5. The van der Waals surface area contributed by atoms with Crippen molar-refractivity contribution in [3.05, 3.63) is 76.9 Å². The highest BCUT2D eigenvalue weighted by atomic mass is 32.2. The van der Waals surface area contributed by atoms with Gasteiger partial charge < -0.3 is 43.0 Å². The van der Waals surface area contributed by atoms with Crippen LogP contribution in [0, 0.1) is 5.92 Å². The number of nitrogen functional groups attached to an aromatic ring is 1. The molecule has 5 unspecified atom stereocenters. The number of nitrogens with one attached hydrogen (secondary N) is 5. The van der Waals surface area contributed by atoms with Gasteiger partial charge in [0, 0.05) is 29.9 Å². The summed E-state index contributed by atoms with van der Waals surface area (Å²) >= 11 is 0. The number of nitrogens with zero attached hydrogens (tertiary/aromatic N) is 1. The van der Waals surface area contributed by atoms with Crippen LogP contribution in [0.25, 0.3) is 0 Å². The van der Waals surface area contributed by atoms with E-state index in [4.69, 9.17) is 11.5 Å². The first kappa shape index (κ1) is 49.7. The smallest absolute Gasteiger partial charge is 0.325 e. The van der Waals surface area contributed by atoms with Gasteiger partial charge in [-0.05, 0) is 63.8 Å². The summed E-state index contributed by atoms with van der Waals surface area (Å²) in [5.74, 6) is -5.49. The predicted molar refractivity (Wildman–Crippen MR) is 235 cm³/mol. The number of carbonyl (C=O) groups excluding carboxylic acids is 7. The topological polar surface area (TPSA) is 322 Å². The largest absolute Gasteiger partial charge is 0.397 e. The third kappa shape index (κ3) is 11.0. The molecule has 0 aromatic heterocycles. The lowest BCUT2D eigenvalue weighted by molar-refractivity contribution is -0.172. The first-order chi connectivity index (χ1) is 30.5. The number of nitrogens with two attached hydrogens (primary N) is 2. The minimum absolute atomic E-state index is 0.00728. The number of anilines is 3. The fourth-order valence-electron chi connectivity index (χ4n) is 7.33. The Morgan fingerprint density at radius 3 is 2.06 bits per heavy atom. The van der Waals surface area contributed by atoms with Gasteiger partial charge in [0.25, 0.3) is 0 Å². The second-order valence-electron chi connectivity index (χ2n) is 15.9. The molecule has 1 aliphatic carbocycles. The Hall–Kier alpha value is -6.27. The van der Waals surface area contributed by atoms with E-state index in [1.54, 1.807) is 19.9 Å². The predicted octanol–water partition coefficient (Wildman–Crippen LogP) is 0.433. The molecule has 1 fully saturated rings. The van der Waals surface area contributed by atoms with Crippen molar-refractivity contribution >= 4 is 78.1 Å². The molecule has 1 saturated heterocycles. The Morgan fingerprint density at radius 2 is 1.45 bits per heavy atom. The van der Waals surface area contributed by atoms with Crippen molar-refractivity contribution < 1.29 is 59.6 Å². The van der Waals surface area contributed by atoms with Gasteiger partial charge in [-0.1, -0.05) is 44.2 Å². The van der Waals surface area contributed by atoms with Crippen molar-refractivity contribution in [3.8, 4) is 0 Å². The number of benzene rings is 3. The molecule has 2 aliphatic rings. The number of hydrogen-bond donors (Lipinski definition) is 7. The maximum atomic E-state index is 13.8. The molecule has 65 heavy (non-hydrogen) atoms. The van der Waals surface area contributed by atoms with E-state index in [-0.39, 0.29) is 52.5 Å². The zero-order chi connectivity index (χ0) is 48.1. The molecule has 3 aromatic rings. The van der Waals surface area contributed by atoms with Crippen LogP contribution in [0.1, 0.15) is 79.3 Å². The molecular weight excluding hydrogens is 889 g/mol. The van der Waals surface area contributed by atoms with E-state index in [1.165, 1.54) is 68.1 Å². The van der Waals surface area contributed by atoms with E-state index in [0.29, 0.717) is 6.42 Å². The van der Waals surface area contributed by atoms with Crippen molar-refractivity contribution in [1.29, 1.82) is 0 Å². The van der Waals surface area contributed by atoms with Gasteiger partial charge in [-0.25, -0.2) is 13.3 Å². The highest BCUT2D eigenvalue weighted by Crippen LogP contribution is 2.40. The molecule has 5 atom stereocenters. The number of carbonyl (C=O) groups is 7. The number of rotatable bonds is 18. The summed E-state index contributed by atoms with van der Waals surface area (Å²) in [5.41, 5.74) is 10.4. The number of likely N-dealkylation sites (tertiary alicyclic amines) is 1. The lowest BCUT2D eigenvalue weighted by atomic mass is 9.82. The molecule has 0 saturated carbocycles. The van der Waals surface area contributed by atoms with Crippen molar-refractivity contribution in [2.75, 3.05) is 37.0 Å². The molecule has 1 aliphatic heterocycles. The maximum Gasteiger partial charge on any atom is 0.325 e. The quantitative estimate of drug-likeness (QED) is 0.0404. The molecule has 5 rings (SSSR count). The van der Waals surface area contributed by atoms with Gasteiger partial charge in [0.1, 0.15) is 29.1 Å². The van der Waals surface area contributed by atoms with Crippen LogP contribution < -0.4 is 38.1 Å². The summed E-state index contributed by atoms with van der Waals surface area (Å²) in [6, 6.07) is 7.19. The highest BCUT2D eigenvalue weighted by Gasteiger charge is 2.40. The minimum atomic E-state index is -4.74. The Bertz CT molecular complexity index is 2640. The van der Waals surface area contributed by atoms with Gasteiger partial charge in [0.05, 0.1) is 46.3 Å². The number of ketones is 2. The number of amides is 5. The van der Waals surface area contributed by atoms with E-state index in [0.717, 1.165) is 13.2 Å². The molecule has 5 amide bonds. The Labute approximate surface area is 375 Å². The van der Waals surface area contributed by atoms with E-state index in [9.17, 15) is 50.4 Å². The second kappa shape index (κ2) is 20.3. The SMILES string of the molecule is COOS(=O)(=O)c1cc(Nc2cccc(S(=O)(=O)CCNC(=O)C(NC(=O)C3CCCN3C(=O)C(C)NC(=O)C(C)NC(=O)C(C)N)C(C)C)c2)c2c(c1N)C(=O)c1ccccc1C2=O. The van der Waals surface area contributed by atoms with Crippen molar-refractivity contribution in [3.63, 3.8) is 0 Å². The molecule has 23 heteroatoms. The summed E-state index contributed by atoms with van der Waals surface area (Å²) in [6.45, 7) is 7.50. The fraction of sp³-hybridized carbons (Fsp3) is 0.405. The molecule has 350 valence electrons. The van der Waals surface area contributed by atoms with Gasteiger partial charge >= 0.3 is 10.1 Å². The normalized spacial score (nSPS) is 16.7. The summed E-state index contributed by atoms with van der Waals surface area (Å²) in [6.07, 6.45) is 0.753. The summed E-state index contributed by atoms with van der Waals surface area (Å²) in [7, 11) is -7.94. The molecule has 21 nitrogen and oxygen atoms in total. The standard InChI is InChI=1S/C42H52N8O13S2/c1-21(2)35(49-40(55)30-15-10-17-50(30)42(57)24(5)47-39(54)23(4)46-38(53)22(3)43)41(56)45-16-18-64(58,59)26-12-9-11-25(19-26)48-29-20-31(65(60,61)63-62-6)34(44)33-32(29)36(51)27-13-7-8-14-28(27)37(33)52/h7-9,11-14,19-24,30,35,48H,10,15-18,43-44H2,1-6H3,(H,45,56)(H,46,53)(H,47,54)(H,49,55). The van der Waals surface area contributed by atoms with Crippen molar-refractivity contribution in [2.24, 2.45) is 11.7 Å². The van der Waals surface area contributed by atoms with E-state index >= 15 is 0 Å². The zero-order valence-electron chi connectivity index (χ0n) is 36.4. The van der Waals surface area contributed by atoms with Crippen molar-refractivity contribution in [1.82, 2.24) is 26.2 Å². The maximum absolute atomic E-state index is 13.8. The number of hydrogen-bond acceptors (Lipinski definition) is 16. The van der Waals surface area contributed by atoms with Gasteiger partial charge in [-0.2, -0.15) is 8.42 Å². The van der Waals surface area contributed by atoms with Crippen LogP contribution in [0.4, 0.5) is 17.1 Å². The number of fused-ring (bicyclic) bond motifs is 2. The van der Waals surface area contributed by atoms with E-state index < -0.39 is 119 Å². The van der Waals surface area contributed by atoms with Gasteiger partial charge in [-0.3, -0.25) is 33.6 Å². The van der Waals surface area contributed by atoms with Crippen LogP contribution in [-0.2, 0) is 53.1 Å². The summed E-state index contributed by atoms with van der Waals surface area (Å²) in [5, 5.41) is 13.1. The van der Waals surface area contributed by atoms with Crippen LogP contribution in [0.5, 0.6) is 0 Å². The van der Waals surface area contributed by atoms with Crippen LogP contribution in [0.2, 0.25) is 0 Å². The second-order valence-corrected chi connectivity index (χ2v) is 19.5. The number of sulfone groups is 1. The molecule has 0 radical (unpaired) electrons. The molecule has 9 N–H and O–H groups in total. The van der Waals surface area contributed by atoms with Gasteiger partial charge in [0.2, 0.25) is 29.5 Å². The van der Waals surface area contributed by atoms with Crippen LogP contribution in [0.15, 0.2) is 64.4 Å². The van der Waals surface area contributed by atoms with Crippen LogP contribution in [0.3, 0.4) is 0 Å².